The summed E-state index contributed by atoms with van der Waals surface area (Å²) in [6, 6.07) is 4.84. The number of fused-ring (bicyclic) bond motifs is 1. The standard InChI is InChI=1S/C22H33N5O2/c1-16(28)24-20-7-5-10-23-22(20)27-11-4-3-6-18-14-26(15-21(18)27)19-8-12-25(13-9-19)17(2)29/h5,7,10,18-19,21H,3-4,6,8-9,11-15H2,1-2H3,(H,24,28)/t18-,21+/m1/s1. The summed E-state index contributed by atoms with van der Waals surface area (Å²) in [6.07, 6.45) is 7.63. The largest absolute Gasteiger partial charge is 0.350 e. The molecule has 0 saturated carbocycles. The number of piperidine rings is 1. The molecule has 2 amide bonds. The molecule has 158 valence electrons. The SMILES string of the molecule is CC(=O)Nc1cccnc1N1CCCC[C@@H]2CN(C3CCN(C(C)=O)CC3)C[C@@H]21. The fourth-order valence-electron chi connectivity index (χ4n) is 5.40. The molecule has 2 atom stereocenters. The molecule has 4 heterocycles. The normalized spacial score (nSPS) is 26.1. The summed E-state index contributed by atoms with van der Waals surface area (Å²) in [5.41, 5.74) is 0.814. The number of likely N-dealkylation sites (tertiary alicyclic amines) is 2. The van der Waals surface area contributed by atoms with Gasteiger partial charge in [-0.1, -0.05) is 6.42 Å². The first-order valence-corrected chi connectivity index (χ1v) is 11.0. The van der Waals surface area contributed by atoms with Gasteiger partial charge in [0, 0.05) is 64.9 Å². The van der Waals surface area contributed by atoms with Gasteiger partial charge in [0.25, 0.3) is 0 Å². The van der Waals surface area contributed by atoms with E-state index in [0.29, 0.717) is 18.0 Å². The van der Waals surface area contributed by atoms with Crippen molar-refractivity contribution in [1.82, 2.24) is 14.8 Å². The number of amides is 2. The zero-order chi connectivity index (χ0) is 20.4. The topological polar surface area (TPSA) is 68.8 Å². The predicted octanol–water partition coefficient (Wildman–Crippen LogP) is 2.34. The van der Waals surface area contributed by atoms with Crippen LogP contribution in [0.5, 0.6) is 0 Å². The van der Waals surface area contributed by atoms with Crippen molar-refractivity contribution in [3.8, 4) is 0 Å². The number of hydrogen-bond acceptors (Lipinski definition) is 5. The second-order valence-corrected chi connectivity index (χ2v) is 8.76. The Morgan fingerprint density at radius 1 is 1.07 bits per heavy atom. The molecule has 1 N–H and O–H groups in total. The van der Waals surface area contributed by atoms with Gasteiger partial charge in [0.1, 0.15) is 0 Å². The maximum atomic E-state index is 11.7. The minimum Gasteiger partial charge on any atom is -0.350 e. The van der Waals surface area contributed by atoms with Crippen LogP contribution in [0.3, 0.4) is 0 Å². The summed E-state index contributed by atoms with van der Waals surface area (Å²) in [4.78, 5) is 35.1. The van der Waals surface area contributed by atoms with Crippen molar-refractivity contribution in [2.24, 2.45) is 5.92 Å². The molecule has 0 unspecified atom stereocenters. The smallest absolute Gasteiger partial charge is 0.221 e. The Morgan fingerprint density at radius 3 is 2.59 bits per heavy atom. The first-order chi connectivity index (χ1) is 14.0. The summed E-state index contributed by atoms with van der Waals surface area (Å²) in [7, 11) is 0. The zero-order valence-electron chi connectivity index (χ0n) is 17.6. The molecule has 7 nitrogen and oxygen atoms in total. The maximum absolute atomic E-state index is 11.7. The van der Waals surface area contributed by atoms with Crippen LogP contribution in [-0.2, 0) is 9.59 Å². The van der Waals surface area contributed by atoms with Crippen molar-refractivity contribution >= 4 is 23.3 Å². The van der Waals surface area contributed by atoms with E-state index < -0.39 is 0 Å². The molecule has 1 aromatic rings. The molecule has 0 aliphatic carbocycles. The van der Waals surface area contributed by atoms with Crippen molar-refractivity contribution < 1.29 is 9.59 Å². The van der Waals surface area contributed by atoms with Gasteiger partial charge in [-0.2, -0.15) is 0 Å². The number of pyridine rings is 1. The number of anilines is 2. The van der Waals surface area contributed by atoms with Gasteiger partial charge in [-0.3, -0.25) is 14.5 Å². The molecule has 3 saturated heterocycles. The molecule has 3 fully saturated rings. The van der Waals surface area contributed by atoms with E-state index >= 15 is 0 Å². The molecule has 3 aliphatic rings. The summed E-state index contributed by atoms with van der Waals surface area (Å²) in [5, 5.41) is 2.97. The van der Waals surface area contributed by atoms with Gasteiger partial charge in [0.15, 0.2) is 5.82 Å². The van der Waals surface area contributed by atoms with Crippen molar-refractivity contribution in [1.29, 1.82) is 0 Å². The molecular weight excluding hydrogens is 366 g/mol. The summed E-state index contributed by atoms with van der Waals surface area (Å²) < 4.78 is 0. The predicted molar refractivity (Wildman–Crippen MR) is 114 cm³/mol. The lowest BCUT2D eigenvalue weighted by molar-refractivity contribution is -0.130. The second-order valence-electron chi connectivity index (χ2n) is 8.76. The minimum atomic E-state index is -0.0594. The molecule has 3 aliphatic heterocycles. The third kappa shape index (κ3) is 4.39. The Hall–Kier alpha value is -2.15. The average molecular weight is 400 g/mol. The highest BCUT2D eigenvalue weighted by Crippen LogP contribution is 2.37. The van der Waals surface area contributed by atoms with Crippen LogP contribution in [-0.4, -0.2) is 71.4 Å². The molecule has 4 rings (SSSR count). The van der Waals surface area contributed by atoms with Crippen LogP contribution < -0.4 is 10.2 Å². The number of hydrogen-bond donors (Lipinski definition) is 1. The van der Waals surface area contributed by atoms with E-state index in [1.165, 1.54) is 19.3 Å². The Labute approximate surface area is 173 Å². The van der Waals surface area contributed by atoms with Crippen molar-refractivity contribution in [3.63, 3.8) is 0 Å². The highest BCUT2D eigenvalue weighted by molar-refractivity contribution is 5.92. The number of carbonyl (C=O) groups is 2. The number of nitrogens with zero attached hydrogens (tertiary/aromatic N) is 4. The Bertz CT molecular complexity index is 746. The lowest BCUT2D eigenvalue weighted by Crippen LogP contribution is -2.47. The van der Waals surface area contributed by atoms with E-state index in [-0.39, 0.29) is 11.8 Å². The third-order valence-corrected chi connectivity index (χ3v) is 6.85. The molecule has 7 heteroatoms. The van der Waals surface area contributed by atoms with Crippen LogP contribution in [0, 0.1) is 5.92 Å². The molecule has 29 heavy (non-hydrogen) atoms. The number of rotatable bonds is 3. The average Bonchev–Trinajstić information content (AvgIpc) is 3.03. The van der Waals surface area contributed by atoms with Crippen LogP contribution in [0.2, 0.25) is 0 Å². The number of nitrogens with one attached hydrogen (secondary N) is 1. The number of carbonyl (C=O) groups excluding carboxylic acids is 2. The van der Waals surface area contributed by atoms with Gasteiger partial charge in [-0.15, -0.1) is 0 Å². The lowest BCUT2D eigenvalue weighted by Gasteiger charge is -2.37. The van der Waals surface area contributed by atoms with Gasteiger partial charge < -0.3 is 15.1 Å². The van der Waals surface area contributed by atoms with E-state index in [1.54, 1.807) is 13.8 Å². The first kappa shape index (κ1) is 20.1. The Kier molecular flexibility index (Phi) is 6.04. The van der Waals surface area contributed by atoms with Gasteiger partial charge >= 0.3 is 0 Å². The fraction of sp³-hybridized carbons (Fsp3) is 0.682. The molecular formula is C22H33N5O2. The van der Waals surface area contributed by atoms with Crippen molar-refractivity contribution in [2.45, 2.75) is 58.0 Å². The Balaban J connectivity index is 1.50. The Morgan fingerprint density at radius 2 is 1.86 bits per heavy atom. The van der Waals surface area contributed by atoms with Crippen LogP contribution in [0.1, 0.15) is 46.0 Å². The minimum absolute atomic E-state index is 0.0594. The van der Waals surface area contributed by atoms with Gasteiger partial charge in [0.2, 0.25) is 11.8 Å². The molecule has 0 aromatic carbocycles. The van der Waals surface area contributed by atoms with E-state index in [1.807, 2.05) is 23.2 Å². The molecule has 0 bridgehead atoms. The maximum Gasteiger partial charge on any atom is 0.221 e. The van der Waals surface area contributed by atoms with Crippen molar-refractivity contribution in [2.75, 3.05) is 42.9 Å². The van der Waals surface area contributed by atoms with Crippen LogP contribution in [0.15, 0.2) is 18.3 Å². The first-order valence-electron chi connectivity index (χ1n) is 11.0. The molecule has 0 radical (unpaired) electrons. The zero-order valence-corrected chi connectivity index (χ0v) is 17.6. The summed E-state index contributed by atoms with van der Waals surface area (Å²) >= 11 is 0. The quantitative estimate of drug-likeness (QED) is 0.845. The van der Waals surface area contributed by atoms with Crippen LogP contribution in [0.25, 0.3) is 0 Å². The van der Waals surface area contributed by atoms with Gasteiger partial charge in [0.05, 0.1) is 5.69 Å². The van der Waals surface area contributed by atoms with Gasteiger partial charge in [-0.25, -0.2) is 4.98 Å². The van der Waals surface area contributed by atoms with E-state index in [9.17, 15) is 9.59 Å². The lowest BCUT2D eigenvalue weighted by atomic mass is 9.98. The highest BCUT2D eigenvalue weighted by Gasteiger charge is 2.41. The van der Waals surface area contributed by atoms with E-state index in [0.717, 1.165) is 57.1 Å². The number of aromatic nitrogens is 1. The van der Waals surface area contributed by atoms with E-state index in [4.69, 9.17) is 0 Å². The highest BCUT2D eigenvalue weighted by atomic mass is 16.2. The summed E-state index contributed by atoms with van der Waals surface area (Å²) in [5.74, 6) is 1.68. The van der Waals surface area contributed by atoms with Gasteiger partial charge in [-0.05, 0) is 43.7 Å². The van der Waals surface area contributed by atoms with Crippen molar-refractivity contribution in [3.05, 3.63) is 18.3 Å². The third-order valence-electron chi connectivity index (χ3n) is 6.85. The fourth-order valence-corrected chi connectivity index (χ4v) is 5.40. The van der Waals surface area contributed by atoms with Crippen LogP contribution >= 0.6 is 0 Å². The van der Waals surface area contributed by atoms with E-state index in [2.05, 4.69) is 20.1 Å². The molecule has 0 spiro atoms. The molecule has 1 aromatic heterocycles. The second kappa shape index (κ2) is 8.69. The summed E-state index contributed by atoms with van der Waals surface area (Å²) in [6.45, 7) is 8.14. The van der Waals surface area contributed by atoms with Crippen LogP contribution in [0.4, 0.5) is 11.5 Å². The monoisotopic (exact) mass is 399 g/mol.